The number of hydrogen-bond acceptors (Lipinski definition) is 4. The van der Waals surface area contributed by atoms with Crippen molar-refractivity contribution in [3.05, 3.63) is 29.6 Å². The topological polar surface area (TPSA) is 77.1 Å². The van der Waals surface area contributed by atoms with Crippen molar-refractivity contribution in [2.45, 2.75) is 13.8 Å². The number of benzene rings is 1. The number of oxime groups is 1. The molecule has 3 N–H and O–H groups in total. The van der Waals surface area contributed by atoms with E-state index in [0.29, 0.717) is 24.7 Å². The van der Waals surface area contributed by atoms with E-state index in [0.717, 1.165) is 6.07 Å². The third-order valence-corrected chi connectivity index (χ3v) is 2.27. The van der Waals surface area contributed by atoms with E-state index >= 15 is 0 Å². The van der Waals surface area contributed by atoms with Gasteiger partial charge in [-0.05, 0) is 24.1 Å². The standard InChI is InChI=1S/C13H19FN2O3/c1-9(2)8-18-5-6-19-12-4-3-10(7-11(12)14)13(15)16-17/h3-4,7,9,17H,5-6,8H2,1-2H3,(H2,15,16). The molecule has 0 spiro atoms. The van der Waals surface area contributed by atoms with Gasteiger partial charge in [-0.1, -0.05) is 19.0 Å². The second-order valence-electron chi connectivity index (χ2n) is 4.45. The molecule has 1 rings (SSSR count). The van der Waals surface area contributed by atoms with Crippen molar-refractivity contribution in [2.75, 3.05) is 19.8 Å². The van der Waals surface area contributed by atoms with Gasteiger partial charge in [-0.2, -0.15) is 0 Å². The molecular weight excluding hydrogens is 251 g/mol. The SMILES string of the molecule is CC(C)COCCOc1ccc(/C(N)=N/O)cc1F. The lowest BCUT2D eigenvalue weighted by molar-refractivity contribution is 0.0808. The van der Waals surface area contributed by atoms with Crippen LogP contribution < -0.4 is 10.5 Å². The minimum absolute atomic E-state index is 0.114. The van der Waals surface area contributed by atoms with Crippen molar-refractivity contribution < 1.29 is 19.1 Å². The van der Waals surface area contributed by atoms with Crippen molar-refractivity contribution in [1.82, 2.24) is 0 Å². The predicted molar refractivity (Wildman–Crippen MR) is 70.1 cm³/mol. The molecule has 0 unspecified atom stereocenters. The third-order valence-electron chi connectivity index (χ3n) is 2.27. The molecule has 0 fully saturated rings. The Bertz CT molecular complexity index is 436. The summed E-state index contributed by atoms with van der Waals surface area (Å²) in [6.45, 7) is 5.42. The number of nitrogens with two attached hydrogens (primary N) is 1. The molecule has 1 aromatic rings. The normalized spacial score (nSPS) is 11.9. The highest BCUT2D eigenvalue weighted by Gasteiger charge is 2.07. The number of hydrogen-bond donors (Lipinski definition) is 2. The van der Waals surface area contributed by atoms with Crippen LogP contribution in [0.1, 0.15) is 19.4 Å². The highest BCUT2D eigenvalue weighted by atomic mass is 19.1. The van der Waals surface area contributed by atoms with Crippen LogP contribution in [0.3, 0.4) is 0 Å². The summed E-state index contributed by atoms with van der Waals surface area (Å²) in [7, 11) is 0. The molecule has 0 radical (unpaired) electrons. The van der Waals surface area contributed by atoms with Crippen LogP contribution in [0.25, 0.3) is 0 Å². The Hall–Kier alpha value is -1.82. The van der Waals surface area contributed by atoms with Gasteiger partial charge in [0.25, 0.3) is 0 Å². The smallest absolute Gasteiger partial charge is 0.170 e. The number of nitrogens with zero attached hydrogens (tertiary/aromatic N) is 1. The first kappa shape index (κ1) is 15.2. The van der Waals surface area contributed by atoms with E-state index in [-0.39, 0.29) is 18.2 Å². The molecule has 19 heavy (non-hydrogen) atoms. The Morgan fingerprint density at radius 3 is 2.74 bits per heavy atom. The van der Waals surface area contributed by atoms with Crippen molar-refractivity contribution >= 4 is 5.84 Å². The van der Waals surface area contributed by atoms with E-state index in [1.54, 1.807) is 0 Å². The van der Waals surface area contributed by atoms with Crippen LogP contribution in [0, 0.1) is 11.7 Å². The second kappa shape index (κ2) is 7.58. The molecule has 5 nitrogen and oxygen atoms in total. The van der Waals surface area contributed by atoms with Crippen molar-refractivity contribution in [3.63, 3.8) is 0 Å². The quantitative estimate of drug-likeness (QED) is 0.261. The average Bonchev–Trinajstić information content (AvgIpc) is 2.38. The Morgan fingerprint density at radius 2 is 2.16 bits per heavy atom. The van der Waals surface area contributed by atoms with E-state index in [1.165, 1.54) is 12.1 Å². The van der Waals surface area contributed by atoms with Gasteiger partial charge in [0.15, 0.2) is 17.4 Å². The fourth-order valence-corrected chi connectivity index (χ4v) is 1.36. The molecule has 1 aromatic carbocycles. The van der Waals surface area contributed by atoms with E-state index in [1.807, 2.05) is 13.8 Å². The third kappa shape index (κ3) is 5.13. The first-order valence-electron chi connectivity index (χ1n) is 6.02. The van der Waals surface area contributed by atoms with E-state index in [2.05, 4.69) is 5.16 Å². The van der Waals surface area contributed by atoms with Gasteiger partial charge in [0.05, 0.1) is 6.61 Å². The number of halogens is 1. The maximum atomic E-state index is 13.6. The molecule has 0 saturated heterocycles. The highest BCUT2D eigenvalue weighted by Crippen LogP contribution is 2.18. The monoisotopic (exact) mass is 270 g/mol. The van der Waals surface area contributed by atoms with Crippen LogP contribution in [0.2, 0.25) is 0 Å². The van der Waals surface area contributed by atoms with Crippen LogP contribution in [0.5, 0.6) is 5.75 Å². The fraction of sp³-hybridized carbons (Fsp3) is 0.462. The first-order valence-corrected chi connectivity index (χ1v) is 6.02. The summed E-state index contributed by atoms with van der Waals surface area (Å²) in [5.74, 6) is -0.141. The van der Waals surface area contributed by atoms with Gasteiger partial charge in [-0.15, -0.1) is 0 Å². The average molecular weight is 270 g/mol. The molecule has 0 amide bonds. The number of rotatable bonds is 7. The lowest BCUT2D eigenvalue weighted by Crippen LogP contribution is -2.14. The molecule has 6 heteroatoms. The van der Waals surface area contributed by atoms with Gasteiger partial charge in [0.1, 0.15) is 6.61 Å². The zero-order valence-corrected chi connectivity index (χ0v) is 11.1. The molecule has 0 heterocycles. The molecule has 0 bridgehead atoms. The molecule has 0 aliphatic carbocycles. The summed E-state index contributed by atoms with van der Waals surface area (Å²) in [6.07, 6.45) is 0. The summed E-state index contributed by atoms with van der Waals surface area (Å²) in [5.41, 5.74) is 5.65. The Labute approximate surface area is 111 Å². The molecule has 0 atom stereocenters. The van der Waals surface area contributed by atoms with Gasteiger partial charge in [-0.3, -0.25) is 0 Å². The number of ether oxygens (including phenoxy) is 2. The zero-order valence-electron chi connectivity index (χ0n) is 11.1. The summed E-state index contributed by atoms with van der Waals surface area (Å²) in [5, 5.41) is 11.3. The molecule has 0 aliphatic heterocycles. The van der Waals surface area contributed by atoms with E-state index < -0.39 is 5.82 Å². The summed E-state index contributed by atoms with van der Waals surface area (Å²) >= 11 is 0. The van der Waals surface area contributed by atoms with Gasteiger partial charge in [0, 0.05) is 12.2 Å². The van der Waals surface area contributed by atoms with Crippen LogP contribution >= 0.6 is 0 Å². The molecule has 0 aromatic heterocycles. The Morgan fingerprint density at radius 1 is 1.42 bits per heavy atom. The lowest BCUT2D eigenvalue weighted by atomic mass is 10.2. The van der Waals surface area contributed by atoms with Crippen molar-refractivity contribution in [2.24, 2.45) is 16.8 Å². The van der Waals surface area contributed by atoms with Gasteiger partial charge < -0.3 is 20.4 Å². The fourth-order valence-electron chi connectivity index (χ4n) is 1.36. The van der Waals surface area contributed by atoms with Crippen LogP contribution in [0.4, 0.5) is 4.39 Å². The van der Waals surface area contributed by atoms with Gasteiger partial charge >= 0.3 is 0 Å². The lowest BCUT2D eigenvalue weighted by Gasteiger charge is -2.10. The van der Waals surface area contributed by atoms with Crippen molar-refractivity contribution in [1.29, 1.82) is 0 Å². The summed E-state index contributed by atoms with van der Waals surface area (Å²) < 4.78 is 24.2. The molecule has 106 valence electrons. The van der Waals surface area contributed by atoms with E-state index in [9.17, 15) is 4.39 Å². The Balaban J connectivity index is 2.47. The van der Waals surface area contributed by atoms with Crippen LogP contribution in [-0.4, -0.2) is 30.9 Å². The van der Waals surface area contributed by atoms with Gasteiger partial charge in [-0.25, -0.2) is 4.39 Å². The van der Waals surface area contributed by atoms with E-state index in [4.69, 9.17) is 20.4 Å². The highest BCUT2D eigenvalue weighted by molar-refractivity contribution is 5.97. The first-order chi connectivity index (χ1) is 9.04. The Kier molecular flexibility index (Phi) is 6.08. The zero-order chi connectivity index (χ0) is 14.3. The second-order valence-corrected chi connectivity index (χ2v) is 4.45. The molecule has 0 aliphatic rings. The van der Waals surface area contributed by atoms with Crippen molar-refractivity contribution in [3.8, 4) is 5.75 Å². The minimum Gasteiger partial charge on any atom is -0.488 e. The largest absolute Gasteiger partial charge is 0.488 e. The van der Waals surface area contributed by atoms with Gasteiger partial charge in [0.2, 0.25) is 0 Å². The summed E-state index contributed by atoms with van der Waals surface area (Å²) in [6, 6.07) is 4.10. The maximum absolute atomic E-state index is 13.6. The maximum Gasteiger partial charge on any atom is 0.170 e. The number of amidine groups is 1. The molecular formula is C13H19FN2O3. The van der Waals surface area contributed by atoms with Crippen LogP contribution in [0.15, 0.2) is 23.4 Å². The van der Waals surface area contributed by atoms with Crippen LogP contribution in [-0.2, 0) is 4.74 Å². The summed E-state index contributed by atoms with van der Waals surface area (Å²) in [4.78, 5) is 0. The predicted octanol–water partition coefficient (Wildman–Crippen LogP) is 1.97. The molecule has 0 saturated carbocycles. The minimum atomic E-state index is -0.562.